The van der Waals surface area contributed by atoms with E-state index in [-0.39, 0.29) is 0 Å². The van der Waals surface area contributed by atoms with Crippen molar-refractivity contribution < 1.29 is 4.74 Å². The van der Waals surface area contributed by atoms with Crippen LogP contribution in [0.4, 0.5) is 0 Å². The molecule has 0 aliphatic carbocycles. The zero-order valence-corrected chi connectivity index (χ0v) is 11.2. The van der Waals surface area contributed by atoms with Crippen molar-refractivity contribution in [3.8, 4) is 5.75 Å². The van der Waals surface area contributed by atoms with Gasteiger partial charge in [0.1, 0.15) is 12.4 Å². The Labute approximate surface area is 105 Å². The summed E-state index contributed by atoms with van der Waals surface area (Å²) in [7, 11) is 4.11. The van der Waals surface area contributed by atoms with Crippen LogP contribution in [0.2, 0.25) is 0 Å². The van der Waals surface area contributed by atoms with Crippen molar-refractivity contribution >= 4 is 0 Å². The Morgan fingerprint density at radius 2 is 2.00 bits per heavy atom. The number of likely N-dealkylation sites (N-methyl/N-ethyl adjacent to an activating group) is 1. The SMILES string of the molecule is CCCNCc1ccccc1OCCN(C)C. The van der Waals surface area contributed by atoms with Gasteiger partial charge in [-0.25, -0.2) is 0 Å². The van der Waals surface area contributed by atoms with Crippen LogP contribution in [0.25, 0.3) is 0 Å². The number of benzene rings is 1. The summed E-state index contributed by atoms with van der Waals surface area (Å²) in [5.74, 6) is 0.998. The lowest BCUT2D eigenvalue weighted by molar-refractivity contribution is 0.259. The molecule has 0 bridgehead atoms. The molecular weight excluding hydrogens is 212 g/mol. The molecule has 0 saturated heterocycles. The molecule has 96 valence electrons. The van der Waals surface area contributed by atoms with Gasteiger partial charge in [-0.05, 0) is 33.1 Å². The number of nitrogens with one attached hydrogen (secondary N) is 1. The van der Waals surface area contributed by atoms with Crippen LogP contribution >= 0.6 is 0 Å². The Kier molecular flexibility index (Phi) is 6.67. The predicted molar refractivity (Wildman–Crippen MR) is 72.5 cm³/mol. The van der Waals surface area contributed by atoms with Crippen LogP contribution in [-0.4, -0.2) is 38.7 Å². The molecule has 0 aliphatic heterocycles. The van der Waals surface area contributed by atoms with Crippen LogP contribution < -0.4 is 10.1 Å². The molecule has 0 amide bonds. The molecule has 1 rings (SSSR count). The molecule has 0 fully saturated rings. The van der Waals surface area contributed by atoms with Crippen LogP contribution in [0.1, 0.15) is 18.9 Å². The summed E-state index contributed by atoms with van der Waals surface area (Å²) in [5.41, 5.74) is 1.24. The highest BCUT2D eigenvalue weighted by Gasteiger charge is 2.02. The topological polar surface area (TPSA) is 24.5 Å². The summed E-state index contributed by atoms with van der Waals surface area (Å²) >= 11 is 0. The maximum atomic E-state index is 5.80. The first-order valence-corrected chi connectivity index (χ1v) is 6.30. The summed E-state index contributed by atoms with van der Waals surface area (Å²) in [6.45, 7) is 5.78. The minimum absolute atomic E-state index is 0.734. The largest absolute Gasteiger partial charge is 0.492 e. The van der Waals surface area contributed by atoms with Gasteiger partial charge >= 0.3 is 0 Å². The fourth-order valence-electron chi connectivity index (χ4n) is 1.53. The van der Waals surface area contributed by atoms with Gasteiger partial charge in [-0.3, -0.25) is 0 Å². The summed E-state index contributed by atoms with van der Waals surface area (Å²) in [6, 6.07) is 8.24. The van der Waals surface area contributed by atoms with E-state index in [1.807, 2.05) is 12.1 Å². The molecule has 0 aliphatic rings. The molecule has 3 heteroatoms. The first-order valence-electron chi connectivity index (χ1n) is 6.30. The Morgan fingerprint density at radius 3 is 2.71 bits per heavy atom. The van der Waals surface area contributed by atoms with E-state index < -0.39 is 0 Å². The van der Waals surface area contributed by atoms with E-state index in [1.54, 1.807) is 0 Å². The van der Waals surface area contributed by atoms with Gasteiger partial charge < -0.3 is 15.0 Å². The third-order valence-electron chi connectivity index (χ3n) is 2.51. The minimum Gasteiger partial charge on any atom is -0.492 e. The van der Waals surface area contributed by atoms with Gasteiger partial charge in [0.25, 0.3) is 0 Å². The van der Waals surface area contributed by atoms with E-state index in [9.17, 15) is 0 Å². The lowest BCUT2D eigenvalue weighted by atomic mass is 10.2. The second kappa shape index (κ2) is 8.09. The quantitative estimate of drug-likeness (QED) is 0.700. The number of nitrogens with zero attached hydrogens (tertiary/aromatic N) is 1. The number of hydrogen-bond donors (Lipinski definition) is 1. The summed E-state index contributed by atoms with van der Waals surface area (Å²) in [5, 5.41) is 3.40. The van der Waals surface area contributed by atoms with Crippen molar-refractivity contribution in [2.75, 3.05) is 33.8 Å². The van der Waals surface area contributed by atoms with E-state index in [0.29, 0.717) is 0 Å². The lowest BCUT2D eigenvalue weighted by Gasteiger charge is -2.14. The molecule has 0 unspecified atom stereocenters. The molecule has 0 saturated carbocycles. The monoisotopic (exact) mass is 236 g/mol. The zero-order valence-electron chi connectivity index (χ0n) is 11.2. The molecule has 0 radical (unpaired) electrons. The summed E-state index contributed by atoms with van der Waals surface area (Å²) in [4.78, 5) is 2.12. The first kappa shape index (κ1) is 14.0. The number of ether oxygens (including phenoxy) is 1. The summed E-state index contributed by atoms with van der Waals surface area (Å²) in [6.07, 6.45) is 1.16. The second-order valence-electron chi connectivity index (χ2n) is 4.44. The predicted octanol–water partition coefficient (Wildman–Crippen LogP) is 2.13. The normalized spacial score (nSPS) is 10.8. The van der Waals surface area contributed by atoms with Crippen molar-refractivity contribution in [2.24, 2.45) is 0 Å². The molecule has 17 heavy (non-hydrogen) atoms. The van der Waals surface area contributed by atoms with Crippen molar-refractivity contribution in [1.29, 1.82) is 0 Å². The fourth-order valence-corrected chi connectivity index (χ4v) is 1.53. The molecule has 1 N–H and O–H groups in total. The van der Waals surface area contributed by atoms with E-state index in [4.69, 9.17) is 4.74 Å². The van der Waals surface area contributed by atoms with Gasteiger partial charge in [0, 0.05) is 18.7 Å². The molecule has 0 spiro atoms. The Bertz CT molecular complexity index is 313. The van der Waals surface area contributed by atoms with E-state index >= 15 is 0 Å². The molecule has 1 aromatic carbocycles. The van der Waals surface area contributed by atoms with Crippen molar-refractivity contribution in [3.05, 3.63) is 29.8 Å². The molecular formula is C14H24N2O. The van der Waals surface area contributed by atoms with Gasteiger partial charge in [0.05, 0.1) is 0 Å². The molecule has 3 nitrogen and oxygen atoms in total. The standard InChI is InChI=1S/C14H24N2O/c1-4-9-15-12-13-7-5-6-8-14(13)17-11-10-16(2)3/h5-8,15H,4,9-12H2,1-3H3. The van der Waals surface area contributed by atoms with Crippen LogP contribution in [0.15, 0.2) is 24.3 Å². The second-order valence-corrected chi connectivity index (χ2v) is 4.44. The van der Waals surface area contributed by atoms with Crippen LogP contribution in [0, 0.1) is 0 Å². The fraction of sp³-hybridized carbons (Fsp3) is 0.571. The van der Waals surface area contributed by atoms with Crippen LogP contribution in [0.3, 0.4) is 0 Å². The average molecular weight is 236 g/mol. The highest BCUT2D eigenvalue weighted by atomic mass is 16.5. The van der Waals surface area contributed by atoms with Gasteiger partial charge in [-0.15, -0.1) is 0 Å². The highest BCUT2D eigenvalue weighted by molar-refractivity contribution is 5.33. The third kappa shape index (κ3) is 5.71. The van der Waals surface area contributed by atoms with E-state index in [1.165, 1.54) is 5.56 Å². The van der Waals surface area contributed by atoms with Gasteiger partial charge in [-0.1, -0.05) is 25.1 Å². The smallest absolute Gasteiger partial charge is 0.123 e. The Morgan fingerprint density at radius 1 is 1.24 bits per heavy atom. The maximum Gasteiger partial charge on any atom is 0.123 e. The first-order chi connectivity index (χ1) is 8.24. The number of hydrogen-bond acceptors (Lipinski definition) is 3. The Balaban J connectivity index is 2.46. The zero-order chi connectivity index (χ0) is 12.5. The Hall–Kier alpha value is -1.06. The highest BCUT2D eigenvalue weighted by Crippen LogP contribution is 2.17. The van der Waals surface area contributed by atoms with Crippen molar-refractivity contribution in [1.82, 2.24) is 10.2 Å². The molecule has 0 atom stereocenters. The minimum atomic E-state index is 0.734. The summed E-state index contributed by atoms with van der Waals surface area (Å²) < 4.78 is 5.80. The molecule has 0 aromatic heterocycles. The number of para-hydroxylation sites is 1. The molecule has 1 aromatic rings. The van der Waals surface area contributed by atoms with Crippen LogP contribution in [-0.2, 0) is 6.54 Å². The maximum absolute atomic E-state index is 5.80. The third-order valence-corrected chi connectivity index (χ3v) is 2.51. The lowest BCUT2D eigenvalue weighted by Crippen LogP contribution is -2.20. The van der Waals surface area contributed by atoms with E-state index in [2.05, 4.69) is 43.4 Å². The van der Waals surface area contributed by atoms with Gasteiger partial charge in [-0.2, -0.15) is 0 Å². The van der Waals surface area contributed by atoms with Crippen LogP contribution in [0.5, 0.6) is 5.75 Å². The van der Waals surface area contributed by atoms with Gasteiger partial charge in [0.2, 0.25) is 0 Å². The van der Waals surface area contributed by atoms with E-state index in [0.717, 1.165) is 38.4 Å². The average Bonchev–Trinajstić information content (AvgIpc) is 2.31. The van der Waals surface area contributed by atoms with Gasteiger partial charge in [0.15, 0.2) is 0 Å². The van der Waals surface area contributed by atoms with Crippen molar-refractivity contribution in [2.45, 2.75) is 19.9 Å². The molecule has 0 heterocycles. The number of rotatable bonds is 8. The van der Waals surface area contributed by atoms with Crippen molar-refractivity contribution in [3.63, 3.8) is 0 Å².